The molecular formula is C19H26N4O3. The van der Waals surface area contributed by atoms with Crippen molar-refractivity contribution >= 4 is 11.8 Å². The molecule has 1 unspecified atom stereocenters. The lowest BCUT2D eigenvalue weighted by Gasteiger charge is -2.45. The molecule has 0 saturated carbocycles. The number of para-hydroxylation sites is 1. The smallest absolute Gasteiger partial charge is 0.241 e. The molecule has 1 aromatic rings. The maximum atomic E-state index is 12.9. The van der Waals surface area contributed by atoms with Gasteiger partial charge < -0.3 is 14.5 Å². The van der Waals surface area contributed by atoms with E-state index in [4.69, 9.17) is 4.74 Å². The van der Waals surface area contributed by atoms with Crippen LogP contribution >= 0.6 is 0 Å². The van der Waals surface area contributed by atoms with Gasteiger partial charge in [0.05, 0.1) is 6.54 Å². The quantitative estimate of drug-likeness (QED) is 0.737. The van der Waals surface area contributed by atoms with Crippen molar-refractivity contribution in [1.82, 2.24) is 19.6 Å². The van der Waals surface area contributed by atoms with E-state index >= 15 is 0 Å². The van der Waals surface area contributed by atoms with Crippen LogP contribution in [0, 0.1) is 0 Å². The molecule has 0 aromatic heterocycles. The molecule has 0 radical (unpaired) electrons. The van der Waals surface area contributed by atoms with Crippen LogP contribution in [0.4, 0.5) is 0 Å². The van der Waals surface area contributed by atoms with E-state index in [0.717, 1.165) is 37.5 Å². The minimum absolute atomic E-state index is 0.102. The number of ether oxygens (including phenoxy) is 1. The van der Waals surface area contributed by atoms with E-state index in [9.17, 15) is 9.59 Å². The first-order chi connectivity index (χ1) is 12.6. The Bertz CT molecular complexity index is 695. The topological polar surface area (TPSA) is 56.3 Å². The van der Waals surface area contributed by atoms with E-state index in [0.29, 0.717) is 32.8 Å². The lowest BCUT2D eigenvalue weighted by atomic mass is 10.1. The number of nitrogens with zero attached hydrogens (tertiary/aromatic N) is 4. The van der Waals surface area contributed by atoms with E-state index in [1.165, 1.54) is 0 Å². The van der Waals surface area contributed by atoms with Crippen LogP contribution in [0.25, 0.3) is 0 Å². The highest BCUT2D eigenvalue weighted by Gasteiger charge is 2.38. The normalized spacial score (nSPS) is 24.5. The summed E-state index contributed by atoms with van der Waals surface area (Å²) in [6.07, 6.45) is 0. The van der Waals surface area contributed by atoms with Gasteiger partial charge in [0.2, 0.25) is 11.8 Å². The second-order valence-corrected chi connectivity index (χ2v) is 7.32. The predicted molar refractivity (Wildman–Crippen MR) is 96.8 cm³/mol. The number of fused-ring (bicyclic) bond motifs is 2. The maximum Gasteiger partial charge on any atom is 0.241 e. The number of benzene rings is 1. The number of carbonyl (C=O) groups excluding carboxylic acids is 2. The van der Waals surface area contributed by atoms with Gasteiger partial charge in [0, 0.05) is 58.4 Å². The Morgan fingerprint density at radius 3 is 2.85 bits per heavy atom. The number of carbonyl (C=O) groups is 2. The van der Waals surface area contributed by atoms with Crippen molar-refractivity contribution in [1.29, 1.82) is 0 Å². The Morgan fingerprint density at radius 2 is 1.96 bits per heavy atom. The Labute approximate surface area is 154 Å². The molecule has 0 aliphatic carbocycles. The molecule has 7 heteroatoms. The summed E-state index contributed by atoms with van der Waals surface area (Å²) in [6.45, 7) is 6.06. The van der Waals surface area contributed by atoms with Crippen molar-refractivity contribution in [2.24, 2.45) is 0 Å². The Hall–Kier alpha value is -2.12. The second kappa shape index (κ2) is 7.25. The highest BCUT2D eigenvalue weighted by atomic mass is 16.5. The molecule has 7 nitrogen and oxygen atoms in total. The second-order valence-electron chi connectivity index (χ2n) is 7.32. The number of likely N-dealkylation sites (N-methyl/N-ethyl adjacent to an activating group) is 1. The van der Waals surface area contributed by atoms with Crippen molar-refractivity contribution in [3.8, 4) is 5.75 Å². The highest BCUT2D eigenvalue weighted by molar-refractivity contribution is 5.85. The van der Waals surface area contributed by atoms with Crippen LogP contribution < -0.4 is 4.74 Å². The molecule has 3 aliphatic rings. The first-order valence-electron chi connectivity index (χ1n) is 9.31. The van der Waals surface area contributed by atoms with Crippen LogP contribution in [0.15, 0.2) is 24.3 Å². The van der Waals surface area contributed by atoms with Gasteiger partial charge in [-0.15, -0.1) is 0 Å². The van der Waals surface area contributed by atoms with E-state index in [1.54, 1.807) is 4.90 Å². The van der Waals surface area contributed by atoms with Crippen LogP contribution in [0.1, 0.15) is 5.56 Å². The van der Waals surface area contributed by atoms with Gasteiger partial charge in [-0.2, -0.15) is 0 Å². The van der Waals surface area contributed by atoms with Gasteiger partial charge in [-0.05, 0) is 6.07 Å². The molecule has 0 spiro atoms. The van der Waals surface area contributed by atoms with Crippen LogP contribution in [0.5, 0.6) is 5.75 Å². The fourth-order valence-corrected chi connectivity index (χ4v) is 4.00. The summed E-state index contributed by atoms with van der Waals surface area (Å²) in [5, 5.41) is 0. The molecule has 0 bridgehead atoms. The third kappa shape index (κ3) is 3.41. The molecule has 3 heterocycles. The van der Waals surface area contributed by atoms with Gasteiger partial charge in [0.25, 0.3) is 0 Å². The van der Waals surface area contributed by atoms with Gasteiger partial charge in [-0.25, -0.2) is 0 Å². The Kier molecular flexibility index (Phi) is 4.82. The molecule has 1 atom stereocenters. The minimum Gasteiger partial charge on any atom is -0.492 e. The van der Waals surface area contributed by atoms with E-state index < -0.39 is 0 Å². The number of piperazine rings is 2. The zero-order valence-electron chi connectivity index (χ0n) is 15.3. The van der Waals surface area contributed by atoms with Crippen molar-refractivity contribution in [2.75, 3.05) is 59.5 Å². The van der Waals surface area contributed by atoms with Crippen molar-refractivity contribution in [3.05, 3.63) is 29.8 Å². The summed E-state index contributed by atoms with van der Waals surface area (Å²) in [7, 11) is 1.84. The minimum atomic E-state index is -0.181. The fraction of sp³-hybridized carbons (Fsp3) is 0.579. The molecule has 4 rings (SSSR count). The van der Waals surface area contributed by atoms with Crippen molar-refractivity contribution in [2.45, 2.75) is 12.6 Å². The fourth-order valence-electron chi connectivity index (χ4n) is 4.00. The molecule has 140 valence electrons. The molecule has 2 fully saturated rings. The first-order valence-corrected chi connectivity index (χ1v) is 9.31. The summed E-state index contributed by atoms with van der Waals surface area (Å²) in [5.74, 6) is 1.14. The van der Waals surface area contributed by atoms with E-state index in [1.807, 2.05) is 36.2 Å². The Morgan fingerprint density at radius 1 is 1.15 bits per heavy atom. The first kappa shape index (κ1) is 17.3. The standard InChI is InChI=1S/C19H26N4O3/c1-20-6-7-22-8-9-23(13-16(22)19(20)25)18(24)14-21-10-11-26-17-5-3-2-4-15(17)12-21/h2-5,16H,6-14H2,1H3. The number of hydrogen-bond donors (Lipinski definition) is 0. The lowest BCUT2D eigenvalue weighted by Crippen LogP contribution is -2.65. The van der Waals surface area contributed by atoms with Gasteiger partial charge in [-0.3, -0.25) is 19.4 Å². The molecule has 3 aliphatic heterocycles. The van der Waals surface area contributed by atoms with Crippen LogP contribution in [-0.4, -0.2) is 96.9 Å². The van der Waals surface area contributed by atoms with Crippen molar-refractivity contribution in [3.63, 3.8) is 0 Å². The SMILES string of the molecule is CN1CCN2CCN(C(=O)CN3CCOc4ccccc4C3)CC2C1=O. The molecule has 0 N–H and O–H groups in total. The largest absolute Gasteiger partial charge is 0.492 e. The van der Waals surface area contributed by atoms with Gasteiger partial charge >= 0.3 is 0 Å². The zero-order chi connectivity index (χ0) is 18.1. The average Bonchev–Trinajstić information content (AvgIpc) is 2.86. The number of hydrogen-bond acceptors (Lipinski definition) is 5. The summed E-state index contributed by atoms with van der Waals surface area (Å²) in [5.41, 5.74) is 1.12. The third-order valence-corrected chi connectivity index (χ3v) is 5.62. The van der Waals surface area contributed by atoms with Gasteiger partial charge in [0.1, 0.15) is 18.4 Å². The number of rotatable bonds is 2. The Balaban J connectivity index is 1.38. The van der Waals surface area contributed by atoms with Crippen LogP contribution in [0.2, 0.25) is 0 Å². The third-order valence-electron chi connectivity index (χ3n) is 5.62. The monoisotopic (exact) mass is 358 g/mol. The van der Waals surface area contributed by atoms with E-state index in [2.05, 4.69) is 9.80 Å². The zero-order valence-corrected chi connectivity index (χ0v) is 15.3. The summed E-state index contributed by atoms with van der Waals surface area (Å²) in [6, 6.07) is 7.81. The number of amides is 2. The molecule has 2 amide bonds. The molecule has 26 heavy (non-hydrogen) atoms. The van der Waals surface area contributed by atoms with Gasteiger partial charge in [-0.1, -0.05) is 18.2 Å². The molecular weight excluding hydrogens is 332 g/mol. The van der Waals surface area contributed by atoms with Crippen LogP contribution in [-0.2, 0) is 16.1 Å². The van der Waals surface area contributed by atoms with Crippen molar-refractivity contribution < 1.29 is 14.3 Å². The maximum absolute atomic E-state index is 12.9. The summed E-state index contributed by atoms with van der Waals surface area (Å²) >= 11 is 0. The average molecular weight is 358 g/mol. The van der Waals surface area contributed by atoms with E-state index in [-0.39, 0.29) is 17.9 Å². The highest BCUT2D eigenvalue weighted by Crippen LogP contribution is 2.22. The molecule has 2 saturated heterocycles. The van der Waals surface area contributed by atoms with Gasteiger partial charge in [0.15, 0.2) is 0 Å². The predicted octanol–water partition coefficient (Wildman–Crippen LogP) is -0.134. The summed E-state index contributed by atoms with van der Waals surface area (Å²) in [4.78, 5) is 33.3. The molecule has 1 aromatic carbocycles. The van der Waals surface area contributed by atoms with Crippen LogP contribution in [0.3, 0.4) is 0 Å². The summed E-state index contributed by atoms with van der Waals surface area (Å²) < 4.78 is 5.78. The lowest BCUT2D eigenvalue weighted by molar-refractivity contribution is -0.147.